The van der Waals surface area contributed by atoms with Gasteiger partial charge in [-0.3, -0.25) is 4.79 Å². The second kappa shape index (κ2) is 7.70. The summed E-state index contributed by atoms with van der Waals surface area (Å²) in [5, 5.41) is 9.03. The molecule has 0 fully saturated rings. The van der Waals surface area contributed by atoms with Gasteiger partial charge in [0.25, 0.3) is 0 Å². The molecule has 0 heterocycles. The van der Waals surface area contributed by atoms with Gasteiger partial charge in [0.05, 0.1) is 12.5 Å². The van der Waals surface area contributed by atoms with Crippen LogP contribution in [0.25, 0.3) is 0 Å². The van der Waals surface area contributed by atoms with Crippen molar-refractivity contribution in [3.05, 3.63) is 64.7 Å². The maximum Gasteiger partial charge on any atom is 0.306 e. The number of aliphatic carboxylic acids is 1. The molecule has 2 aromatic rings. The molecule has 0 saturated heterocycles. The summed E-state index contributed by atoms with van der Waals surface area (Å²) in [7, 11) is 0. The Bertz CT molecular complexity index is 736. The molecular formula is C21H24O4. The second-order valence-corrected chi connectivity index (χ2v) is 6.46. The third-order valence-electron chi connectivity index (χ3n) is 4.58. The number of benzene rings is 2. The van der Waals surface area contributed by atoms with Crippen molar-refractivity contribution in [1.82, 2.24) is 0 Å². The van der Waals surface area contributed by atoms with Crippen LogP contribution in [0.15, 0.2) is 42.5 Å². The number of carboxylic acid groups (broad SMARTS) is 1. The van der Waals surface area contributed by atoms with E-state index in [0.717, 1.165) is 24.2 Å². The third kappa shape index (κ3) is 4.20. The van der Waals surface area contributed by atoms with E-state index >= 15 is 0 Å². The number of fused-ring (bicyclic) bond motifs is 1. The van der Waals surface area contributed by atoms with Crippen molar-refractivity contribution >= 4 is 5.97 Å². The van der Waals surface area contributed by atoms with Gasteiger partial charge < -0.3 is 14.6 Å². The maximum absolute atomic E-state index is 11.0. The van der Waals surface area contributed by atoms with E-state index in [-0.39, 0.29) is 12.5 Å². The number of hydrogen-bond acceptors (Lipinski definition) is 3. The molecule has 132 valence electrons. The van der Waals surface area contributed by atoms with Crippen LogP contribution in [-0.2, 0) is 16.0 Å². The van der Waals surface area contributed by atoms with Gasteiger partial charge in [0, 0.05) is 6.61 Å². The molecule has 2 atom stereocenters. The summed E-state index contributed by atoms with van der Waals surface area (Å²) in [5.41, 5.74) is 4.75. The molecular weight excluding hydrogens is 316 g/mol. The van der Waals surface area contributed by atoms with Gasteiger partial charge in [-0.05, 0) is 55.5 Å². The molecule has 0 saturated carbocycles. The Kier molecular flexibility index (Phi) is 5.39. The minimum absolute atomic E-state index is 0.0384. The van der Waals surface area contributed by atoms with Crippen LogP contribution in [0.4, 0.5) is 0 Å². The molecule has 0 amide bonds. The van der Waals surface area contributed by atoms with E-state index < -0.39 is 12.1 Å². The quantitative estimate of drug-likeness (QED) is 0.799. The summed E-state index contributed by atoms with van der Waals surface area (Å²) in [6.07, 6.45) is 1.65. The number of aryl methyl sites for hydroxylation is 2. The Morgan fingerprint density at radius 3 is 2.68 bits per heavy atom. The van der Waals surface area contributed by atoms with Crippen LogP contribution in [0.2, 0.25) is 0 Å². The van der Waals surface area contributed by atoms with E-state index in [9.17, 15) is 4.79 Å². The lowest BCUT2D eigenvalue weighted by molar-refractivity contribution is -0.140. The lowest BCUT2D eigenvalue weighted by atomic mass is 10.1. The zero-order valence-corrected chi connectivity index (χ0v) is 14.7. The largest absolute Gasteiger partial charge is 0.486 e. The van der Waals surface area contributed by atoms with Crippen molar-refractivity contribution in [3.8, 4) is 5.75 Å². The summed E-state index contributed by atoms with van der Waals surface area (Å²) < 4.78 is 11.7. The van der Waals surface area contributed by atoms with Crippen LogP contribution in [0, 0.1) is 6.92 Å². The molecule has 0 bridgehead atoms. The fourth-order valence-electron chi connectivity index (χ4n) is 3.36. The molecule has 0 radical (unpaired) electrons. The standard InChI is InChI=1S/C21H24O4/c1-3-24-20(13-21(22)23)16-6-9-17(10-7-16)25-19-11-8-15-5-4-14(2)12-18(15)19/h4-7,9-10,12,19-20H,3,8,11,13H2,1-2H3,(H,22,23)/t19?,20-/m0/s1. The highest BCUT2D eigenvalue weighted by Gasteiger charge is 2.24. The van der Waals surface area contributed by atoms with E-state index in [0.29, 0.717) is 6.61 Å². The van der Waals surface area contributed by atoms with Gasteiger partial charge in [0.15, 0.2) is 0 Å². The highest BCUT2D eigenvalue weighted by Crippen LogP contribution is 2.36. The number of carboxylic acids is 1. The Labute approximate surface area is 148 Å². The van der Waals surface area contributed by atoms with Crippen molar-refractivity contribution in [2.24, 2.45) is 0 Å². The van der Waals surface area contributed by atoms with Crippen molar-refractivity contribution in [2.75, 3.05) is 6.61 Å². The lowest BCUT2D eigenvalue weighted by Crippen LogP contribution is -2.10. The Morgan fingerprint density at radius 2 is 2.00 bits per heavy atom. The Morgan fingerprint density at radius 1 is 1.24 bits per heavy atom. The number of ether oxygens (including phenoxy) is 2. The van der Waals surface area contributed by atoms with E-state index in [1.54, 1.807) is 0 Å². The Balaban J connectivity index is 1.71. The van der Waals surface area contributed by atoms with Gasteiger partial charge in [0.1, 0.15) is 11.9 Å². The van der Waals surface area contributed by atoms with Gasteiger partial charge in [-0.1, -0.05) is 35.9 Å². The first kappa shape index (κ1) is 17.5. The fraction of sp³-hybridized carbons (Fsp3) is 0.381. The van der Waals surface area contributed by atoms with E-state index in [1.165, 1.54) is 16.7 Å². The van der Waals surface area contributed by atoms with Gasteiger partial charge in [-0.2, -0.15) is 0 Å². The first-order valence-corrected chi connectivity index (χ1v) is 8.76. The number of carbonyl (C=O) groups is 1. The second-order valence-electron chi connectivity index (χ2n) is 6.46. The number of hydrogen-bond donors (Lipinski definition) is 1. The van der Waals surface area contributed by atoms with Gasteiger partial charge in [-0.25, -0.2) is 0 Å². The maximum atomic E-state index is 11.0. The van der Waals surface area contributed by atoms with Crippen LogP contribution in [0.1, 0.15) is 54.2 Å². The first-order valence-electron chi connectivity index (χ1n) is 8.76. The van der Waals surface area contributed by atoms with E-state index in [2.05, 4.69) is 25.1 Å². The number of rotatable bonds is 7. The lowest BCUT2D eigenvalue weighted by Gasteiger charge is -2.18. The highest BCUT2D eigenvalue weighted by atomic mass is 16.5. The van der Waals surface area contributed by atoms with Gasteiger partial charge in [-0.15, -0.1) is 0 Å². The van der Waals surface area contributed by atoms with Crippen molar-refractivity contribution in [1.29, 1.82) is 0 Å². The molecule has 2 aromatic carbocycles. The van der Waals surface area contributed by atoms with E-state index in [4.69, 9.17) is 14.6 Å². The summed E-state index contributed by atoms with van der Waals surface area (Å²) in [4.78, 5) is 11.0. The molecule has 4 heteroatoms. The van der Waals surface area contributed by atoms with Crippen LogP contribution >= 0.6 is 0 Å². The fourth-order valence-corrected chi connectivity index (χ4v) is 3.36. The molecule has 3 rings (SSSR count). The van der Waals surface area contributed by atoms with Crippen LogP contribution in [-0.4, -0.2) is 17.7 Å². The first-order chi connectivity index (χ1) is 12.1. The minimum atomic E-state index is -0.864. The van der Waals surface area contributed by atoms with Crippen molar-refractivity contribution in [2.45, 2.75) is 45.3 Å². The predicted molar refractivity (Wildman–Crippen MR) is 95.9 cm³/mol. The van der Waals surface area contributed by atoms with Crippen LogP contribution in [0.5, 0.6) is 5.75 Å². The van der Waals surface area contributed by atoms with Gasteiger partial charge >= 0.3 is 5.97 Å². The molecule has 0 spiro atoms. The SMILES string of the molecule is CCO[C@@H](CC(=O)O)c1ccc(OC2CCc3ccc(C)cc32)cc1. The average molecular weight is 340 g/mol. The van der Waals surface area contributed by atoms with Crippen molar-refractivity contribution < 1.29 is 19.4 Å². The minimum Gasteiger partial charge on any atom is -0.486 e. The molecule has 1 N–H and O–H groups in total. The monoisotopic (exact) mass is 340 g/mol. The molecule has 1 aliphatic carbocycles. The highest BCUT2D eigenvalue weighted by molar-refractivity contribution is 5.67. The summed E-state index contributed by atoms with van der Waals surface area (Å²) in [6, 6.07) is 14.1. The van der Waals surface area contributed by atoms with Gasteiger partial charge in [0.2, 0.25) is 0 Å². The van der Waals surface area contributed by atoms with Crippen molar-refractivity contribution in [3.63, 3.8) is 0 Å². The Hall–Kier alpha value is -2.33. The average Bonchev–Trinajstić information content (AvgIpc) is 2.97. The zero-order chi connectivity index (χ0) is 17.8. The molecule has 0 aromatic heterocycles. The van der Waals surface area contributed by atoms with Crippen LogP contribution in [0.3, 0.4) is 0 Å². The molecule has 25 heavy (non-hydrogen) atoms. The zero-order valence-electron chi connectivity index (χ0n) is 14.7. The molecule has 0 aliphatic heterocycles. The smallest absolute Gasteiger partial charge is 0.306 e. The molecule has 1 aliphatic rings. The topological polar surface area (TPSA) is 55.8 Å². The van der Waals surface area contributed by atoms with Crippen LogP contribution < -0.4 is 4.74 Å². The predicted octanol–water partition coefficient (Wildman–Crippen LogP) is 4.61. The normalized spacial score (nSPS) is 17.1. The molecule has 4 nitrogen and oxygen atoms in total. The molecule has 1 unspecified atom stereocenters. The van der Waals surface area contributed by atoms with E-state index in [1.807, 2.05) is 31.2 Å². The third-order valence-corrected chi connectivity index (χ3v) is 4.58. The summed E-state index contributed by atoms with van der Waals surface area (Å²) in [6.45, 7) is 4.45. The summed E-state index contributed by atoms with van der Waals surface area (Å²) >= 11 is 0. The summed E-state index contributed by atoms with van der Waals surface area (Å²) in [5.74, 6) is -0.0645.